The lowest BCUT2D eigenvalue weighted by atomic mass is 9.96. The molecule has 1 aromatic carbocycles. The lowest BCUT2D eigenvalue weighted by Gasteiger charge is -2.09. The van der Waals surface area contributed by atoms with E-state index in [4.69, 9.17) is 4.74 Å². The molecule has 1 aromatic heterocycles. The average Bonchev–Trinajstić information content (AvgIpc) is 2.67. The third kappa shape index (κ3) is 5.34. The molecule has 0 aliphatic heterocycles. The van der Waals surface area contributed by atoms with Gasteiger partial charge in [-0.15, -0.1) is 0 Å². The number of nitrogens with one attached hydrogen (secondary N) is 1. The smallest absolute Gasteiger partial charge is 0.307 e. The molecule has 2 aromatic rings. The molecule has 6 heteroatoms. The van der Waals surface area contributed by atoms with E-state index in [0.29, 0.717) is 12.2 Å². The Bertz CT molecular complexity index is 857. The Morgan fingerprint density at radius 1 is 1.26 bits per heavy atom. The van der Waals surface area contributed by atoms with E-state index in [1.165, 1.54) is 0 Å². The van der Waals surface area contributed by atoms with Crippen molar-refractivity contribution in [1.82, 2.24) is 10.3 Å². The highest BCUT2D eigenvalue weighted by Crippen LogP contribution is 2.26. The van der Waals surface area contributed by atoms with Gasteiger partial charge in [0.1, 0.15) is 5.69 Å². The molecule has 1 heterocycles. The number of nitrogens with zero attached hydrogens (tertiary/aromatic N) is 1. The molecule has 0 atom stereocenters. The molecule has 0 spiro atoms. The topological polar surface area (TPSA) is 85.4 Å². The minimum absolute atomic E-state index is 0.105. The first-order valence-electron chi connectivity index (χ1n) is 8.61. The number of carbonyl (C=O) groups is 3. The summed E-state index contributed by atoms with van der Waals surface area (Å²) in [5, 5.41) is 2.62. The molecule has 1 N–H and O–H groups in total. The van der Waals surface area contributed by atoms with Gasteiger partial charge in [0.2, 0.25) is 0 Å². The second-order valence-electron chi connectivity index (χ2n) is 5.94. The first-order valence-corrected chi connectivity index (χ1v) is 8.61. The number of amides is 1. The van der Waals surface area contributed by atoms with E-state index in [0.717, 1.165) is 28.5 Å². The summed E-state index contributed by atoms with van der Waals surface area (Å²) in [4.78, 5) is 38.9. The zero-order valence-corrected chi connectivity index (χ0v) is 15.5. The number of carbonyl (C=O) groups excluding carboxylic acids is 3. The molecule has 0 fully saturated rings. The van der Waals surface area contributed by atoms with Crippen LogP contribution < -0.4 is 5.32 Å². The number of esters is 1. The first-order chi connectivity index (χ1) is 13.0. The van der Waals surface area contributed by atoms with Crippen LogP contribution in [0.4, 0.5) is 0 Å². The van der Waals surface area contributed by atoms with E-state index in [9.17, 15) is 14.4 Å². The normalized spacial score (nSPS) is 10.1. The van der Waals surface area contributed by atoms with Crippen LogP contribution in [0.3, 0.4) is 0 Å². The fraction of sp³-hybridized carbons (Fsp3) is 0.238. The second kappa shape index (κ2) is 9.43. The van der Waals surface area contributed by atoms with Crippen molar-refractivity contribution < 1.29 is 19.1 Å². The van der Waals surface area contributed by atoms with Gasteiger partial charge in [-0.2, -0.15) is 0 Å². The number of hydrogen-bond donors (Lipinski definition) is 1. The van der Waals surface area contributed by atoms with Crippen molar-refractivity contribution in [2.24, 2.45) is 0 Å². The SMILES string of the molecule is C=C(C)c1ccc(C=O)c(-c2ccc(C(=O)NCCC(=O)OCC)nc2)c1. The molecular formula is C21H22N2O4. The van der Waals surface area contributed by atoms with Gasteiger partial charge in [-0.05, 0) is 37.1 Å². The molecule has 6 nitrogen and oxygen atoms in total. The summed E-state index contributed by atoms with van der Waals surface area (Å²) in [6, 6.07) is 8.77. The Labute approximate surface area is 158 Å². The van der Waals surface area contributed by atoms with Crippen LogP contribution in [0.2, 0.25) is 0 Å². The van der Waals surface area contributed by atoms with E-state index in [-0.39, 0.29) is 30.5 Å². The highest BCUT2D eigenvalue weighted by Gasteiger charge is 2.11. The monoisotopic (exact) mass is 366 g/mol. The molecular weight excluding hydrogens is 344 g/mol. The van der Waals surface area contributed by atoms with Gasteiger partial charge in [-0.1, -0.05) is 30.4 Å². The van der Waals surface area contributed by atoms with Crippen LogP contribution in [-0.4, -0.2) is 36.3 Å². The minimum Gasteiger partial charge on any atom is -0.466 e. The molecule has 0 radical (unpaired) electrons. The lowest BCUT2D eigenvalue weighted by Crippen LogP contribution is -2.27. The molecule has 140 valence electrons. The molecule has 27 heavy (non-hydrogen) atoms. The van der Waals surface area contributed by atoms with Gasteiger partial charge in [-0.3, -0.25) is 19.4 Å². The zero-order chi connectivity index (χ0) is 19.8. The Hall–Kier alpha value is -3.28. The van der Waals surface area contributed by atoms with Crippen LogP contribution in [0.1, 0.15) is 46.7 Å². The van der Waals surface area contributed by atoms with Gasteiger partial charge in [0.25, 0.3) is 5.91 Å². The van der Waals surface area contributed by atoms with Crippen LogP contribution in [0.15, 0.2) is 43.1 Å². The number of aromatic nitrogens is 1. The third-order valence-corrected chi connectivity index (χ3v) is 3.90. The molecule has 0 bridgehead atoms. The summed E-state index contributed by atoms with van der Waals surface area (Å²) in [7, 11) is 0. The fourth-order valence-electron chi connectivity index (χ4n) is 2.46. The van der Waals surface area contributed by atoms with Crippen molar-refractivity contribution >= 4 is 23.7 Å². The summed E-state index contributed by atoms with van der Waals surface area (Å²) >= 11 is 0. The highest BCUT2D eigenvalue weighted by molar-refractivity contribution is 5.93. The maximum Gasteiger partial charge on any atom is 0.307 e. The Morgan fingerprint density at radius 2 is 2.04 bits per heavy atom. The largest absolute Gasteiger partial charge is 0.466 e. The summed E-state index contributed by atoms with van der Waals surface area (Å²) in [5.74, 6) is -0.739. The number of aldehydes is 1. The summed E-state index contributed by atoms with van der Waals surface area (Å²) in [6.07, 6.45) is 2.44. The Balaban J connectivity index is 2.12. The second-order valence-corrected chi connectivity index (χ2v) is 5.94. The van der Waals surface area contributed by atoms with E-state index < -0.39 is 0 Å². The number of rotatable bonds is 8. The van der Waals surface area contributed by atoms with Gasteiger partial charge in [0.05, 0.1) is 13.0 Å². The van der Waals surface area contributed by atoms with E-state index >= 15 is 0 Å². The van der Waals surface area contributed by atoms with Crippen LogP contribution in [0.5, 0.6) is 0 Å². The third-order valence-electron chi connectivity index (χ3n) is 3.90. The molecule has 0 saturated carbocycles. The van der Waals surface area contributed by atoms with Gasteiger partial charge in [0.15, 0.2) is 6.29 Å². The van der Waals surface area contributed by atoms with Gasteiger partial charge in [0, 0.05) is 23.9 Å². The van der Waals surface area contributed by atoms with Crippen LogP contribution >= 0.6 is 0 Å². The predicted octanol–water partition coefficient (Wildman–Crippen LogP) is 3.28. The van der Waals surface area contributed by atoms with Crippen LogP contribution in [0, 0.1) is 0 Å². The number of pyridine rings is 1. The number of hydrogen-bond acceptors (Lipinski definition) is 5. The average molecular weight is 366 g/mol. The van der Waals surface area contributed by atoms with Crippen molar-refractivity contribution in [3.05, 3.63) is 59.9 Å². The maximum atomic E-state index is 12.1. The van der Waals surface area contributed by atoms with Crippen LogP contribution in [0.25, 0.3) is 16.7 Å². The lowest BCUT2D eigenvalue weighted by molar-refractivity contribution is -0.142. The van der Waals surface area contributed by atoms with Crippen molar-refractivity contribution in [3.8, 4) is 11.1 Å². The maximum absolute atomic E-state index is 12.1. The minimum atomic E-state index is -0.378. The molecule has 0 aliphatic carbocycles. The molecule has 1 amide bonds. The Morgan fingerprint density at radius 3 is 2.63 bits per heavy atom. The summed E-state index contributed by atoms with van der Waals surface area (Å²) < 4.78 is 4.80. The standard InChI is InChI=1S/C21H22N2O4/c1-4-27-20(25)9-10-22-21(26)19-8-7-16(12-23-19)18-11-15(14(2)3)5-6-17(18)13-24/h5-8,11-13H,2,4,9-10H2,1,3H3,(H,22,26). The van der Waals surface area contributed by atoms with Crippen molar-refractivity contribution in [2.75, 3.05) is 13.2 Å². The van der Waals surface area contributed by atoms with Crippen molar-refractivity contribution in [3.63, 3.8) is 0 Å². The zero-order valence-electron chi connectivity index (χ0n) is 15.5. The van der Waals surface area contributed by atoms with E-state index in [1.807, 2.05) is 19.1 Å². The number of allylic oxidation sites excluding steroid dienone is 1. The molecule has 2 rings (SSSR count). The van der Waals surface area contributed by atoms with Gasteiger partial charge < -0.3 is 10.1 Å². The van der Waals surface area contributed by atoms with E-state index in [1.54, 1.807) is 31.3 Å². The van der Waals surface area contributed by atoms with Gasteiger partial charge >= 0.3 is 5.97 Å². The number of benzene rings is 1. The van der Waals surface area contributed by atoms with E-state index in [2.05, 4.69) is 16.9 Å². The van der Waals surface area contributed by atoms with Crippen molar-refractivity contribution in [2.45, 2.75) is 20.3 Å². The van der Waals surface area contributed by atoms with Crippen LogP contribution in [-0.2, 0) is 9.53 Å². The summed E-state index contributed by atoms with van der Waals surface area (Å²) in [6.45, 7) is 8.02. The molecule has 0 unspecified atom stereocenters. The quantitative estimate of drug-likeness (QED) is 0.572. The predicted molar refractivity (Wildman–Crippen MR) is 103 cm³/mol. The summed E-state index contributed by atoms with van der Waals surface area (Å²) in [5.41, 5.74) is 4.03. The first kappa shape index (κ1) is 20.0. The molecule has 0 saturated heterocycles. The Kier molecular flexibility index (Phi) is 7.00. The fourth-order valence-corrected chi connectivity index (χ4v) is 2.46. The number of ether oxygens (including phenoxy) is 1. The molecule has 0 aliphatic rings. The highest BCUT2D eigenvalue weighted by atomic mass is 16.5. The van der Waals surface area contributed by atoms with Crippen molar-refractivity contribution in [1.29, 1.82) is 0 Å². The van der Waals surface area contributed by atoms with Gasteiger partial charge in [-0.25, -0.2) is 0 Å².